The van der Waals surface area contributed by atoms with Crippen LogP contribution in [-0.2, 0) is 4.79 Å². The molecule has 2 aliphatic heterocycles. The van der Waals surface area contributed by atoms with E-state index in [4.69, 9.17) is 0 Å². The van der Waals surface area contributed by atoms with Crippen molar-refractivity contribution >= 4 is 34.6 Å². The fraction of sp³-hybridized carbons (Fsp3) is 0.462. The van der Waals surface area contributed by atoms with Crippen molar-refractivity contribution in [2.75, 3.05) is 54.4 Å². The minimum Gasteiger partial charge on any atom is -0.366 e. The Morgan fingerprint density at radius 3 is 2.20 bits per heavy atom. The number of piperazine rings is 1. The van der Waals surface area contributed by atoms with Crippen LogP contribution in [0.5, 0.6) is 0 Å². The van der Waals surface area contributed by atoms with E-state index in [0.717, 1.165) is 38.0 Å². The number of carbonyl (C=O) groups excluding carboxylic acids is 2. The van der Waals surface area contributed by atoms with E-state index >= 15 is 0 Å². The lowest BCUT2D eigenvalue weighted by Crippen LogP contribution is -2.50. The van der Waals surface area contributed by atoms with Crippen molar-refractivity contribution < 1.29 is 14.5 Å². The van der Waals surface area contributed by atoms with Crippen molar-refractivity contribution in [1.82, 2.24) is 4.90 Å². The number of hydrogen-bond acceptors (Lipinski definition) is 6. The molecule has 4 rings (SSSR count). The fourth-order valence-electron chi connectivity index (χ4n) is 4.80. The molecule has 2 aliphatic rings. The van der Waals surface area contributed by atoms with Gasteiger partial charge in [0.1, 0.15) is 5.69 Å². The zero-order valence-electron chi connectivity index (χ0n) is 20.4. The molecule has 0 atom stereocenters. The van der Waals surface area contributed by atoms with Crippen LogP contribution in [0, 0.1) is 16.0 Å². The van der Waals surface area contributed by atoms with Crippen molar-refractivity contribution in [3.05, 3.63) is 58.1 Å². The van der Waals surface area contributed by atoms with Crippen LogP contribution in [0.4, 0.5) is 22.7 Å². The molecule has 0 radical (unpaired) electrons. The molecule has 0 bridgehead atoms. The molecular weight excluding hydrogens is 446 g/mol. The molecule has 0 unspecified atom stereocenters. The van der Waals surface area contributed by atoms with Crippen LogP contribution in [0.25, 0.3) is 0 Å². The summed E-state index contributed by atoms with van der Waals surface area (Å²) >= 11 is 0. The molecule has 9 nitrogen and oxygen atoms in total. The summed E-state index contributed by atoms with van der Waals surface area (Å²) in [5, 5.41) is 14.7. The Labute approximate surface area is 205 Å². The third-order valence-corrected chi connectivity index (χ3v) is 6.71. The standard InChI is InChI=1S/C26H33N5O4/c1-19(2)26(33)30-16-14-29(15-17-30)22-9-5-4-8-21(22)27-25(32)20-10-11-23(24(18-20)31(34)35)28-12-6-3-7-13-28/h4-5,8-11,18-19H,3,6-7,12-17H2,1-2H3,(H,27,32). The van der Waals surface area contributed by atoms with Gasteiger partial charge < -0.3 is 20.0 Å². The molecule has 0 spiro atoms. The molecule has 2 saturated heterocycles. The third-order valence-electron chi connectivity index (χ3n) is 6.71. The highest BCUT2D eigenvalue weighted by Gasteiger charge is 2.26. The van der Waals surface area contributed by atoms with Gasteiger partial charge in [-0.25, -0.2) is 0 Å². The van der Waals surface area contributed by atoms with Gasteiger partial charge in [-0.2, -0.15) is 0 Å². The van der Waals surface area contributed by atoms with Crippen LogP contribution < -0.4 is 15.1 Å². The average molecular weight is 480 g/mol. The van der Waals surface area contributed by atoms with Gasteiger partial charge in [0.15, 0.2) is 0 Å². The minimum atomic E-state index is -0.410. The molecule has 0 aliphatic carbocycles. The lowest BCUT2D eigenvalue weighted by atomic mass is 10.1. The van der Waals surface area contributed by atoms with E-state index in [2.05, 4.69) is 10.2 Å². The van der Waals surface area contributed by atoms with Gasteiger partial charge in [0.25, 0.3) is 11.6 Å². The number of nitrogens with one attached hydrogen (secondary N) is 1. The van der Waals surface area contributed by atoms with Crippen molar-refractivity contribution in [1.29, 1.82) is 0 Å². The normalized spacial score (nSPS) is 16.4. The van der Waals surface area contributed by atoms with Gasteiger partial charge in [0.2, 0.25) is 5.91 Å². The Balaban J connectivity index is 1.50. The van der Waals surface area contributed by atoms with E-state index in [1.807, 2.05) is 47.9 Å². The van der Waals surface area contributed by atoms with E-state index in [0.29, 0.717) is 37.6 Å². The Bertz CT molecular complexity index is 1090. The largest absolute Gasteiger partial charge is 0.366 e. The quantitative estimate of drug-likeness (QED) is 0.494. The number of para-hydroxylation sites is 2. The summed E-state index contributed by atoms with van der Waals surface area (Å²) in [5.41, 5.74) is 2.29. The van der Waals surface area contributed by atoms with E-state index in [1.165, 1.54) is 6.07 Å². The highest BCUT2D eigenvalue weighted by Crippen LogP contribution is 2.32. The number of piperidine rings is 1. The molecule has 35 heavy (non-hydrogen) atoms. The smallest absolute Gasteiger partial charge is 0.293 e. The van der Waals surface area contributed by atoms with E-state index in [1.54, 1.807) is 12.1 Å². The second-order valence-corrected chi connectivity index (χ2v) is 9.45. The second-order valence-electron chi connectivity index (χ2n) is 9.45. The summed E-state index contributed by atoms with van der Waals surface area (Å²) in [5.74, 6) is -0.265. The lowest BCUT2D eigenvalue weighted by Gasteiger charge is -2.37. The number of nitrogens with zero attached hydrogens (tertiary/aromatic N) is 4. The molecule has 2 fully saturated rings. The number of nitro benzene ring substituents is 1. The molecule has 2 aromatic carbocycles. The van der Waals surface area contributed by atoms with Crippen LogP contribution in [0.15, 0.2) is 42.5 Å². The molecule has 2 amide bonds. The van der Waals surface area contributed by atoms with Crippen LogP contribution in [0.2, 0.25) is 0 Å². The SMILES string of the molecule is CC(C)C(=O)N1CCN(c2ccccc2NC(=O)c2ccc(N3CCCCC3)c([N+](=O)[O-])c2)CC1. The number of hydrogen-bond donors (Lipinski definition) is 1. The molecule has 1 N–H and O–H groups in total. The van der Waals surface area contributed by atoms with Crippen LogP contribution in [0.1, 0.15) is 43.5 Å². The maximum absolute atomic E-state index is 13.1. The molecular formula is C26H33N5O4. The van der Waals surface area contributed by atoms with Crippen molar-refractivity contribution in [2.45, 2.75) is 33.1 Å². The zero-order valence-corrected chi connectivity index (χ0v) is 20.4. The maximum Gasteiger partial charge on any atom is 0.293 e. The van der Waals surface area contributed by atoms with Crippen LogP contribution >= 0.6 is 0 Å². The highest BCUT2D eigenvalue weighted by molar-refractivity contribution is 6.06. The van der Waals surface area contributed by atoms with Gasteiger partial charge in [-0.15, -0.1) is 0 Å². The van der Waals surface area contributed by atoms with Gasteiger partial charge in [-0.05, 0) is 43.5 Å². The van der Waals surface area contributed by atoms with E-state index < -0.39 is 4.92 Å². The lowest BCUT2D eigenvalue weighted by molar-refractivity contribution is -0.384. The number of anilines is 3. The molecule has 0 saturated carbocycles. The Morgan fingerprint density at radius 1 is 0.886 bits per heavy atom. The maximum atomic E-state index is 13.1. The number of benzene rings is 2. The summed E-state index contributed by atoms with van der Waals surface area (Å²) < 4.78 is 0. The molecule has 186 valence electrons. The van der Waals surface area contributed by atoms with Gasteiger partial charge in [0.05, 0.1) is 16.3 Å². The fourth-order valence-corrected chi connectivity index (χ4v) is 4.80. The van der Waals surface area contributed by atoms with E-state index in [-0.39, 0.29) is 29.0 Å². The summed E-state index contributed by atoms with van der Waals surface area (Å²) in [6.07, 6.45) is 3.15. The predicted octanol–water partition coefficient (Wildman–Crippen LogP) is 4.14. The van der Waals surface area contributed by atoms with Crippen LogP contribution in [-0.4, -0.2) is 60.9 Å². The Morgan fingerprint density at radius 2 is 1.54 bits per heavy atom. The van der Waals surface area contributed by atoms with Gasteiger partial charge in [0, 0.05) is 56.8 Å². The number of carbonyl (C=O) groups is 2. The molecule has 9 heteroatoms. The highest BCUT2D eigenvalue weighted by atomic mass is 16.6. The molecule has 2 heterocycles. The first-order valence-corrected chi connectivity index (χ1v) is 12.3. The number of nitro groups is 1. The Hall–Kier alpha value is -3.62. The first-order valence-electron chi connectivity index (χ1n) is 12.3. The zero-order chi connectivity index (χ0) is 24.9. The van der Waals surface area contributed by atoms with Crippen molar-refractivity contribution in [3.63, 3.8) is 0 Å². The summed E-state index contributed by atoms with van der Waals surface area (Å²) in [6.45, 7) is 7.98. The minimum absolute atomic E-state index is 0.0292. The van der Waals surface area contributed by atoms with Crippen LogP contribution in [0.3, 0.4) is 0 Å². The van der Waals surface area contributed by atoms with Gasteiger partial charge in [-0.1, -0.05) is 26.0 Å². The van der Waals surface area contributed by atoms with Crippen molar-refractivity contribution in [3.8, 4) is 0 Å². The molecule has 2 aromatic rings. The Kier molecular flexibility index (Phi) is 7.53. The summed E-state index contributed by atoms with van der Waals surface area (Å²) in [7, 11) is 0. The first kappa shape index (κ1) is 24.5. The second kappa shape index (κ2) is 10.8. The number of amides is 2. The predicted molar refractivity (Wildman–Crippen MR) is 137 cm³/mol. The van der Waals surface area contributed by atoms with Gasteiger partial charge >= 0.3 is 0 Å². The number of rotatable bonds is 6. The molecule has 0 aromatic heterocycles. The topological polar surface area (TPSA) is 99.0 Å². The summed E-state index contributed by atoms with van der Waals surface area (Å²) in [4.78, 5) is 42.9. The van der Waals surface area contributed by atoms with Gasteiger partial charge in [-0.3, -0.25) is 19.7 Å². The average Bonchev–Trinajstić information content (AvgIpc) is 2.88. The summed E-state index contributed by atoms with van der Waals surface area (Å²) in [6, 6.07) is 12.2. The third kappa shape index (κ3) is 5.55. The van der Waals surface area contributed by atoms with Crippen molar-refractivity contribution in [2.24, 2.45) is 5.92 Å². The first-order chi connectivity index (χ1) is 16.8. The monoisotopic (exact) mass is 479 g/mol. The van der Waals surface area contributed by atoms with E-state index in [9.17, 15) is 19.7 Å².